The predicted octanol–water partition coefficient (Wildman–Crippen LogP) is 2.65. The Labute approximate surface area is 122 Å². The zero-order valence-corrected chi connectivity index (χ0v) is 13.4. The summed E-state index contributed by atoms with van der Waals surface area (Å²) >= 11 is 0. The Balaban J connectivity index is 1.74. The van der Waals surface area contributed by atoms with E-state index in [-0.39, 0.29) is 11.8 Å². The van der Waals surface area contributed by atoms with Crippen LogP contribution in [0, 0.1) is 6.92 Å². The Kier molecular flexibility index (Phi) is 4.86. The lowest BCUT2D eigenvalue weighted by Gasteiger charge is -2.38. The van der Waals surface area contributed by atoms with Gasteiger partial charge in [-0.05, 0) is 44.6 Å². The van der Waals surface area contributed by atoms with E-state index in [4.69, 9.17) is 0 Å². The highest BCUT2D eigenvalue weighted by atomic mass is 32.2. The number of aryl methyl sites for hydroxylation is 1. The Morgan fingerprint density at radius 2 is 2.05 bits per heavy atom. The van der Waals surface area contributed by atoms with Crippen LogP contribution in [0.3, 0.4) is 0 Å². The summed E-state index contributed by atoms with van der Waals surface area (Å²) in [6.07, 6.45) is 4.32. The molecular weight excluding hydrogens is 270 g/mol. The third-order valence-corrected chi connectivity index (χ3v) is 5.07. The molecule has 2 rings (SSSR count). The molecule has 1 saturated carbocycles. The van der Waals surface area contributed by atoms with Crippen molar-refractivity contribution in [1.29, 1.82) is 0 Å². The molecule has 112 valence electrons. The van der Waals surface area contributed by atoms with Crippen LogP contribution in [0.4, 0.5) is 0 Å². The molecule has 1 atom stereocenters. The fourth-order valence-electron chi connectivity index (χ4n) is 2.83. The lowest BCUT2D eigenvalue weighted by molar-refractivity contribution is 0.267. The smallest absolute Gasteiger partial charge is 0.147 e. The van der Waals surface area contributed by atoms with Crippen molar-refractivity contribution in [3.63, 3.8) is 0 Å². The summed E-state index contributed by atoms with van der Waals surface area (Å²) in [4.78, 5) is 0. The summed E-state index contributed by atoms with van der Waals surface area (Å²) in [5.41, 5.74) is 2.76. The third kappa shape index (κ3) is 4.60. The van der Waals surface area contributed by atoms with Gasteiger partial charge in [-0.2, -0.15) is 0 Å². The van der Waals surface area contributed by atoms with Gasteiger partial charge in [-0.3, -0.25) is 0 Å². The lowest BCUT2D eigenvalue weighted by atomic mass is 9.75. The van der Waals surface area contributed by atoms with E-state index in [1.165, 1.54) is 17.4 Å². The fourth-order valence-corrected chi connectivity index (χ4v) is 3.61. The highest BCUT2D eigenvalue weighted by Crippen LogP contribution is 2.37. The predicted molar refractivity (Wildman–Crippen MR) is 83.9 cm³/mol. The maximum Gasteiger partial charge on any atom is 0.147 e. The molecule has 1 aromatic rings. The Morgan fingerprint density at radius 1 is 1.35 bits per heavy atom. The Morgan fingerprint density at radius 3 is 2.65 bits per heavy atom. The normalized spacial score (nSPS) is 24.1. The topological polar surface area (TPSA) is 46.2 Å². The highest BCUT2D eigenvalue weighted by Gasteiger charge is 2.30. The molecule has 0 saturated heterocycles. The zero-order chi connectivity index (χ0) is 14.8. The van der Waals surface area contributed by atoms with Gasteiger partial charge in [0.15, 0.2) is 0 Å². The van der Waals surface area contributed by atoms with Crippen molar-refractivity contribution in [3.05, 3.63) is 35.4 Å². The molecule has 4 heteroatoms. The second kappa shape index (κ2) is 6.27. The molecule has 0 heterocycles. The summed E-state index contributed by atoms with van der Waals surface area (Å²) in [5, 5.41) is 3.54. The standard InChI is InChI=1S/C16H25NO2S/c1-12-5-4-6-14(9-12)15-10-16(11-15)17-13(2)7-8-20(3,18)19/h4-6,9,13,15-17H,7-8,10-11H2,1-3H3/t13-,15?,16?/m1/s1. The minimum atomic E-state index is -2.84. The molecule has 0 aliphatic heterocycles. The third-order valence-electron chi connectivity index (χ3n) is 4.09. The first kappa shape index (κ1) is 15.5. The highest BCUT2D eigenvalue weighted by molar-refractivity contribution is 7.90. The van der Waals surface area contributed by atoms with Crippen molar-refractivity contribution >= 4 is 9.84 Å². The van der Waals surface area contributed by atoms with Gasteiger partial charge < -0.3 is 5.32 Å². The number of nitrogens with one attached hydrogen (secondary N) is 1. The summed E-state index contributed by atoms with van der Waals surface area (Å²) in [6.45, 7) is 4.20. The second-order valence-electron chi connectivity index (χ2n) is 6.27. The molecule has 20 heavy (non-hydrogen) atoms. The molecule has 0 radical (unpaired) electrons. The average Bonchev–Trinajstić information content (AvgIpc) is 2.29. The van der Waals surface area contributed by atoms with Crippen LogP contribution < -0.4 is 5.32 Å². The zero-order valence-electron chi connectivity index (χ0n) is 12.6. The van der Waals surface area contributed by atoms with Crippen LogP contribution in [0.5, 0.6) is 0 Å². The fraction of sp³-hybridized carbons (Fsp3) is 0.625. The van der Waals surface area contributed by atoms with E-state index >= 15 is 0 Å². The molecule has 1 aliphatic rings. The van der Waals surface area contributed by atoms with E-state index in [1.807, 2.05) is 0 Å². The number of hydrogen-bond acceptors (Lipinski definition) is 3. The maximum absolute atomic E-state index is 11.1. The van der Waals surface area contributed by atoms with Crippen molar-refractivity contribution in [1.82, 2.24) is 5.32 Å². The van der Waals surface area contributed by atoms with Crippen molar-refractivity contribution in [2.75, 3.05) is 12.0 Å². The number of benzene rings is 1. The quantitative estimate of drug-likeness (QED) is 0.877. The molecule has 1 aliphatic carbocycles. The van der Waals surface area contributed by atoms with Crippen molar-refractivity contribution < 1.29 is 8.42 Å². The Hall–Kier alpha value is -0.870. The lowest BCUT2D eigenvalue weighted by Crippen LogP contribution is -2.44. The van der Waals surface area contributed by atoms with Crippen LogP contribution in [-0.2, 0) is 9.84 Å². The molecule has 0 amide bonds. The minimum absolute atomic E-state index is 0.271. The van der Waals surface area contributed by atoms with E-state index in [2.05, 4.69) is 43.4 Å². The van der Waals surface area contributed by atoms with E-state index in [0.717, 1.165) is 12.8 Å². The molecule has 1 fully saturated rings. The van der Waals surface area contributed by atoms with Gasteiger partial charge in [0.1, 0.15) is 9.84 Å². The van der Waals surface area contributed by atoms with Crippen molar-refractivity contribution in [3.8, 4) is 0 Å². The van der Waals surface area contributed by atoms with Crippen molar-refractivity contribution in [2.45, 2.75) is 51.1 Å². The van der Waals surface area contributed by atoms with Crippen LogP contribution in [0.15, 0.2) is 24.3 Å². The summed E-state index contributed by atoms with van der Waals surface area (Å²) < 4.78 is 22.3. The monoisotopic (exact) mass is 295 g/mol. The summed E-state index contributed by atoms with van der Waals surface area (Å²) in [7, 11) is -2.84. The summed E-state index contributed by atoms with van der Waals surface area (Å²) in [5.74, 6) is 0.935. The van der Waals surface area contributed by atoms with Gasteiger partial charge in [0.05, 0.1) is 5.75 Å². The minimum Gasteiger partial charge on any atom is -0.311 e. The van der Waals surface area contributed by atoms with Crippen LogP contribution >= 0.6 is 0 Å². The van der Waals surface area contributed by atoms with Gasteiger partial charge in [-0.15, -0.1) is 0 Å². The number of rotatable bonds is 6. The molecular formula is C16H25NO2S. The first-order valence-corrected chi connectivity index (χ1v) is 9.40. The molecule has 1 aromatic carbocycles. The molecule has 0 aromatic heterocycles. The van der Waals surface area contributed by atoms with E-state index in [1.54, 1.807) is 0 Å². The van der Waals surface area contributed by atoms with Gasteiger partial charge in [-0.1, -0.05) is 29.8 Å². The molecule has 0 unspecified atom stereocenters. The van der Waals surface area contributed by atoms with Gasteiger partial charge in [0, 0.05) is 18.3 Å². The average molecular weight is 295 g/mol. The summed E-state index contributed by atoms with van der Waals surface area (Å²) in [6, 6.07) is 9.54. The van der Waals surface area contributed by atoms with Crippen molar-refractivity contribution in [2.24, 2.45) is 0 Å². The van der Waals surface area contributed by atoms with Gasteiger partial charge in [0.25, 0.3) is 0 Å². The Bertz CT molecular complexity index is 547. The first-order valence-electron chi connectivity index (χ1n) is 7.34. The number of sulfone groups is 1. The molecule has 1 N–H and O–H groups in total. The van der Waals surface area contributed by atoms with E-state index < -0.39 is 9.84 Å². The van der Waals surface area contributed by atoms with Crippen LogP contribution in [0.1, 0.15) is 43.2 Å². The maximum atomic E-state index is 11.1. The largest absolute Gasteiger partial charge is 0.311 e. The van der Waals surface area contributed by atoms with Crippen LogP contribution in [0.2, 0.25) is 0 Å². The second-order valence-corrected chi connectivity index (χ2v) is 8.53. The van der Waals surface area contributed by atoms with E-state index in [9.17, 15) is 8.42 Å². The molecule has 3 nitrogen and oxygen atoms in total. The first-order chi connectivity index (χ1) is 9.33. The SMILES string of the molecule is Cc1cccc(C2CC(N[C@H](C)CCS(C)(=O)=O)C2)c1. The number of hydrogen-bond donors (Lipinski definition) is 1. The molecule has 0 spiro atoms. The van der Waals surface area contributed by atoms with Gasteiger partial charge in [-0.25, -0.2) is 8.42 Å². The van der Waals surface area contributed by atoms with E-state index in [0.29, 0.717) is 18.4 Å². The van der Waals surface area contributed by atoms with Crippen LogP contribution in [-0.4, -0.2) is 32.5 Å². The van der Waals surface area contributed by atoms with Gasteiger partial charge >= 0.3 is 0 Å². The van der Waals surface area contributed by atoms with Crippen LogP contribution in [0.25, 0.3) is 0 Å². The molecule has 0 bridgehead atoms. The van der Waals surface area contributed by atoms with Gasteiger partial charge in [0.2, 0.25) is 0 Å².